The fourth-order valence-electron chi connectivity index (χ4n) is 2.39. The fourth-order valence-corrected chi connectivity index (χ4v) is 2.39. The van der Waals surface area contributed by atoms with Crippen LogP contribution in [0.1, 0.15) is 18.2 Å². The minimum absolute atomic E-state index is 0.437. The summed E-state index contributed by atoms with van der Waals surface area (Å²) in [6, 6.07) is 9.89. The van der Waals surface area contributed by atoms with Gasteiger partial charge in [0.1, 0.15) is 18.2 Å². The van der Waals surface area contributed by atoms with Crippen LogP contribution in [0.25, 0.3) is 0 Å². The molecule has 100 valence electrons. The van der Waals surface area contributed by atoms with E-state index in [1.807, 2.05) is 42.7 Å². The van der Waals surface area contributed by atoms with E-state index in [-0.39, 0.29) is 0 Å². The summed E-state index contributed by atoms with van der Waals surface area (Å²) >= 11 is 0. The Balaban J connectivity index is 1.57. The molecule has 1 saturated heterocycles. The van der Waals surface area contributed by atoms with E-state index < -0.39 is 0 Å². The van der Waals surface area contributed by atoms with Crippen LogP contribution >= 0.6 is 0 Å². The Morgan fingerprint density at radius 3 is 3.00 bits per heavy atom. The van der Waals surface area contributed by atoms with Gasteiger partial charge < -0.3 is 14.0 Å². The molecule has 4 nitrogen and oxygen atoms in total. The first-order valence-corrected chi connectivity index (χ1v) is 6.70. The van der Waals surface area contributed by atoms with Crippen molar-refractivity contribution in [3.8, 4) is 5.75 Å². The summed E-state index contributed by atoms with van der Waals surface area (Å²) in [5.74, 6) is 2.47. The molecule has 0 radical (unpaired) electrons. The average Bonchev–Trinajstić information content (AvgIpc) is 3.10. The van der Waals surface area contributed by atoms with Gasteiger partial charge in [-0.05, 0) is 18.6 Å². The van der Waals surface area contributed by atoms with Crippen molar-refractivity contribution >= 4 is 0 Å². The van der Waals surface area contributed by atoms with Crippen LogP contribution in [0.2, 0.25) is 0 Å². The van der Waals surface area contributed by atoms with Crippen molar-refractivity contribution in [2.75, 3.05) is 19.8 Å². The van der Waals surface area contributed by atoms with Gasteiger partial charge in [-0.25, -0.2) is 4.98 Å². The van der Waals surface area contributed by atoms with Crippen LogP contribution < -0.4 is 4.74 Å². The molecule has 0 saturated carbocycles. The van der Waals surface area contributed by atoms with Crippen LogP contribution in [0.4, 0.5) is 0 Å². The van der Waals surface area contributed by atoms with Gasteiger partial charge in [-0.1, -0.05) is 18.2 Å². The molecule has 0 amide bonds. The number of hydrogen-bond donors (Lipinski definition) is 0. The Bertz CT molecular complexity index is 504. The van der Waals surface area contributed by atoms with Crippen LogP contribution in [0.5, 0.6) is 5.75 Å². The number of benzene rings is 1. The minimum Gasteiger partial charge on any atom is -0.492 e. The second-order valence-corrected chi connectivity index (χ2v) is 4.70. The van der Waals surface area contributed by atoms with Gasteiger partial charge in [-0.15, -0.1) is 0 Å². The monoisotopic (exact) mass is 258 g/mol. The SMILES string of the molecule is c1ccc(OCCn2ccnc2[C@H]2CCOC2)cc1. The Labute approximate surface area is 113 Å². The molecule has 0 bridgehead atoms. The maximum Gasteiger partial charge on any atom is 0.119 e. The molecule has 19 heavy (non-hydrogen) atoms. The summed E-state index contributed by atoms with van der Waals surface area (Å²) in [7, 11) is 0. The molecule has 4 heteroatoms. The second-order valence-electron chi connectivity index (χ2n) is 4.70. The van der Waals surface area contributed by atoms with Crippen molar-refractivity contribution in [3.63, 3.8) is 0 Å². The number of nitrogens with zero attached hydrogens (tertiary/aromatic N) is 2. The minimum atomic E-state index is 0.437. The van der Waals surface area contributed by atoms with E-state index in [9.17, 15) is 0 Å². The highest BCUT2D eigenvalue weighted by Crippen LogP contribution is 2.23. The lowest BCUT2D eigenvalue weighted by molar-refractivity contribution is 0.192. The summed E-state index contributed by atoms with van der Waals surface area (Å²) in [5.41, 5.74) is 0. The first-order chi connectivity index (χ1) is 9.43. The molecule has 0 aliphatic carbocycles. The highest BCUT2D eigenvalue weighted by Gasteiger charge is 2.21. The van der Waals surface area contributed by atoms with E-state index in [0.29, 0.717) is 12.5 Å². The number of imidazole rings is 1. The molecule has 1 aliphatic rings. The third-order valence-corrected chi connectivity index (χ3v) is 3.39. The summed E-state index contributed by atoms with van der Waals surface area (Å²) in [5, 5.41) is 0. The smallest absolute Gasteiger partial charge is 0.119 e. The van der Waals surface area contributed by atoms with E-state index in [1.165, 1.54) is 0 Å². The molecule has 0 N–H and O–H groups in total. The van der Waals surface area contributed by atoms with Gasteiger partial charge in [-0.3, -0.25) is 0 Å². The largest absolute Gasteiger partial charge is 0.492 e. The first kappa shape index (κ1) is 12.2. The molecular formula is C15H18N2O2. The maximum atomic E-state index is 5.72. The standard InChI is InChI=1S/C15H18N2O2/c1-2-4-14(5-3-1)19-11-9-17-8-7-16-15(17)13-6-10-18-12-13/h1-5,7-8,13H,6,9-12H2/t13-/m0/s1. The quantitative estimate of drug-likeness (QED) is 0.826. The molecule has 1 aliphatic heterocycles. The third-order valence-electron chi connectivity index (χ3n) is 3.39. The van der Waals surface area contributed by atoms with Crippen molar-refractivity contribution in [2.24, 2.45) is 0 Å². The highest BCUT2D eigenvalue weighted by molar-refractivity contribution is 5.20. The van der Waals surface area contributed by atoms with E-state index in [2.05, 4.69) is 9.55 Å². The van der Waals surface area contributed by atoms with E-state index in [0.717, 1.165) is 37.8 Å². The lowest BCUT2D eigenvalue weighted by atomic mass is 10.1. The molecule has 1 atom stereocenters. The van der Waals surface area contributed by atoms with Gasteiger partial charge >= 0.3 is 0 Å². The van der Waals surface area contributed by atoms with Crippen LogP contribution in [0.15, 0.2) is 42.7 Å². The zero-order valence-corrected chi connectivity index (χ0v) is 10.9. The van der Waals surface area contributed by atoms with Gasteiger partial charge in [0.15, 0.2) is 0 Å². The number of aromatic nitrogens is 2. The van der Waals surface area contributed by atoms with Crippen molar-refractivity contribution in [3.05, 3.63) is 48.5 Å². The summed E-state index contributed by atoms with van der Waals surface area (Å²) in [4.78, 5) is 4.45. The molecule has 3 rings (SSSR count). The summed E-state index contributed by atoms with van der Waals surface area (Å²) in [6.45, 7) is 3.11. The van der Waals surface area contributed by atoms with Crippen LogP contribution in [0.3, 0.4) is 0 Å². The predicted octanol–water partition coefficient (Wildman–Crippen LogP) is 2.47. The van der Waals surface area contributed by atoms with Crippen LogP contribution in [-0.4, -0.2) is 29.4 Å². The average molecular weight is 258 g/mol. The zero-order valence-electron chi connectivity index (χ0n) is 10.9. The van der Waals surface area contributed by atoms with Crippen LogP contribution in [0, 0.1) is 0 Å². The van der Waals surface area contributed by atoms with Crippen molar-refractivity contribution < 1.29 is 9.47 Å². The predicted molar refractivity (Wildman–Crippen MR) is 72.3 cm³/mol. The van der Waals surface area contributed by atoms with Crippen molar-refractivity contribution in [1.29, 1.82) is 0 Å². The Morgan fingerprint density at radius 2 is 2.21 bits per heavy atom. The summed E-state index contributed by atoms with van der Waals surface area (Å²) < 4.78 is 13.3. The molecule has 2 aromatic rings. The normalized spacial score (nSPS) is 18.6. The van der Waals surface area contributed by atoms with Gasteiger partial charge in [0.2, 0.25) is 0 Å². The summed E-state index contributed by atoms with van der Waals surface area (Å²) in [6.07, 6.45) is 4.94. The lowest BCUT2D eigenvalue weighted by Crippen LogP contribution is -2.13. The molecule has 1 aromatic carbocycles. The Hall–Kier alpha value is -1.81. The topological polar surface area (TPSA) is 36.3 Å². The fraction of sp³-hybridized carbons (Fsp3) is 0.400. The van der Waals surface area contributed by atoms with Crippen LogP contribution in [-0.2, 0) is 11.3 Å². The van der Waals surface area contributed by atoms with Gasteiger partial charge in [0.25, 0.3) is 0 Å². The Morgan fingerprint density at radius 1 is 1.32 bits per heavy atom. The van der Waals surface area contributed by atoms with Gasteiger partial charge in [0, 0.05) is 24.9 Å². The number of rotatable bonds is 5. The molecule has 1 fully saturated rings. The van der Waals surface area contributed by atoms with E-state index in [4.69, 9.17) is 9.47 Å². The molecule has 0 spiro atoms. The lowest BCUT2D eigenvalue weighted by Gasteiger charge is -2.12. The molecular weight excluding hydrogens is 240 g/mol. The zero-order chi connectivity index (χ0) is 12.9. The van der Waals surface area contributed by atoms with Gasteiger partial charge in [0.05, 0.1) is 13.2 Å². The van der Waals surface area contributed by atoms with E-state index in [1.54, 1.807) is 0 Å². The van der Waals surface area contributed by atoms with Gasteiger partial charge in [-0.2, -0.15) is 0 Å². The number of hydrogen-bond acceptors (Lipinski definition) is 3. The highest BCUT2D eigenvalue weighted by atomic mass is 16.5. The second kappa shape index (κ2) is 5.89. The molecule has 1 aromatic heterocycles. The number of para-hydroxylation sites is 1. The van der Waals surface area contributed by atoms with Crippen molar-refractivity contribution in [2.45, 2.75) is 18.9 Å². The Kier molecular flexibility index (Phi) is 3.79. The third kappa shape index (κ3) is 2.96. The molecule has 0 unspecified atom stereocenters. The number of ether oxygens (including phenoxy) is 2. The van der Waals surface area contributed by atoms with E-state index >= 15 is 0 Å². The maximum absolute atomic E-state index is 5.72. The molecule has 2 heterocycles. The van der Waals surface area contributed by atoms with Crippen molar-refractivity contribution in [1.82, 2.24) is 9.55 Å². The first-order valence-electron chi connectivity index (χ1n) is 6.70.